The summed E-state index contributed by atoms with van der Waals surface area (Å²) >= 11 is 0. The van der Waals surface area contributed by atoms with Crippen molar-refractivity contribution in [1.29, 1.82) is 0 Å². The number of rotatable bonds is 2. The van der Waals surface area contributed by atoms with E-state index in [-0.39, 0.29) is 6.04 Å². The first-order valence-corrected chi connectivity index (χ1v) is 7.18. The van der Waals surface area contributed by atoms with Gasteiger partial charge in [0.15, 0.2) is 9.84 Å². The predicted octanol–water partition coefficient (Wildman–Crippen LogP) is 0.952. The summed E-state index contributed by atoms with van der Waals surface area (Å²) < 4.78 is 22.8. The van der Waals surface area contributed by atoms with Crippen LogP contribution >= 0.6 is 0 Å². The fourth-order valence-electron chi connectivity index (χ4n) is 2.19. The van der Waals surface area contributed by atoms with Crippen LogP contribution in [0, 0.1) is 5.41 Å². The van der Waals surface area contributed by atoms with Gasteiger partial charge < -0.3 is 5.32 Å². The third kappa shape index (κ3) is 2.28. The van der Waals surface area contributed by atoms with Gasteiger partial charge in [-0.3, -0.25) is 0 Å². The summed E-state index contributed by atoms with van der Waals surface area (Å²) in [5.74, 6) is 0.735. The van der Waals surface area contributed by atoms with Gasteiger partial charge in [-0.25, -0.2) is 8.42 Å². The van der Waals surface area contributed by atoms with E-state index in [0.717, 1.165) is 12.8 Å². The molecule has 1 heterocycles. The maximum absolute atomic E-state index is 11.4. The molecule has 2 rings (SSSR count). The molecule has 2 aliphatic rings. The molecule has 4 heteroatoms. The zero-order valence-electron chi connectivity index (χ0n) is 8.91. The molecule has 0 bridgehead atoms. The molecular formula is C10H19NO2S. The van der Waals surface area contributed by atoms with Crippen molar-refractivity contribution in [3.8, 4) is 0 Å². The van der Waals surface area contributed by atoms with E-state index in [1.54, 1.807) is 0 Å². The Kier molecular flexibility index (Phi) is 2.39. The highest BCUT2D eigenvalue weighted by Gasteiger charge is 2.46. The van der Waals surface area contributed by atoms with Crippen LogP contribution in [0.3, 0.4) is 0 Å². The molecule has 1 saturated heterocycles. The molecule has 0 radical (unpaired) electrons. The average Bonchev–Trinajstić information content (AvgIpc) is 2.55. The van der Waals surface area contributed by atoms with Gasteiger partial charge in [-0.05, 0) is 24.7 Å². The van der Waals surface area contributed by atoms with Gasteiger partial charge in [-0.2, -0.15) is 0 Å². The summed E-state index contributed by atoms with van der Waals surface area (Å²) in [5.41, 5.74) is 0.390. The normalized spacial score (nSPS) is 39.3. The molecule has 2 fully saturated rings. The minimum atomic E-state index is -2.75. The lowest BCUT2D eigenvalue weighted by Gasteiger charge is -2.23. The SMILES string of the molecule is CC1(C)CC1NC1CCCS(=O)(=O)C1. The summed E-state index contributed by atoms with van der Waals surface area (Å²) in [7, 11) is -2.75. The molecule has 0 amide bonds. The van der Waals surface area contributed by atoms with Crippen LogP contribution in [0.4, 0.5) is 0 Å². The van der Waals surface area contributed by atoms with Crippen molar-refractivity contribution in [1.82, 2.24) is 5.32 Å². The van der Waals surface area contributed by atoms with Gasteiger partial charge >= 0.3 is 0 Å². The molecule has 0 aromatic carbocycles. The second kappa shape index (κ2) is 3.20. The largest absolute Gasteiger partial charge is 0.310 e. The van der Waals surface area contributed by atoms with E-state index in [0.29, 0.717) is 23.0 Å². The van der Waals surface area contributed by atoms with Crippen LogP contribution in [-0.2, 0) is 9.84 Å². The van der Waals surface area contributed by atoms with Crippen molar-refractivity contribution in [3.63, 3.8) is 0 Å². The van der Waals surface area contributed by atoms with Crippen LogP contribution in [-0.4, -0.2) is 32.0 Å². The maximum Gasteiger partial charge on any atom is 0.151 e. The average molecular weight is 217 g/mol. The first-order valence-electron chi connectivity index (χ1n) is 5.36. The van der Waals surface area contributed by atoms with E-state index < -0.39 is 9.84 Å². The Morgan fingerprint density at radius 2 is 2.00 bits per heavy atom. The Labute approximate surface area is 86.2 Å². The maximum atomic E-state index is 11.4. The number of hydrogen-bond donors (Lipinski definition) is 1. The fourth-order valence-corrected chi connectivity index (χ4v) is 3.84. The number of sulfone groups is 1. The van der Waals surface area contributed by atoms with Crippen LogP contribution < -0.4 is 5.32 Å². The fraction of sp³-hybridized carbons (Fsp3) is 1.00. The molecule has 1 aliphatic heterocycles. The Morgan fingerprint density at radius 1 is 1.36 bits per heavy atom. The van der Waals surface area contributed by atoms with Crippen LogP contribution in [0.2, 0.25) is 0 Å². The van der Waals surface area contributed by atoms with Crippen molar-refractivity contribution < 1.29 is 8.42 Å². The Hall–Kier alpha value is -0.0900. The molecule has 2 atom stereocenters. The van der Waals surface area contributed by atoms with Gasteiger partial charge in [0, 0.05) is 12.1 Å². The highest BCUT2D eigenvalue weighted by molar-refractivity contribution is 7.91. The van der Waals surface area contributed by atoms with Gasteiger partial charge in [-0.1, -0.05) is 13.8 Å². The summed E-state index contributed by atoms with van der Waals surface area (Å²) in [4.78, 5) is 0. The van der Waals surface area contributed by atoms with Gasteiger partial charge in [0.25, 0.3) is 0 Å². The highest BCUT2D eigenvalue weighted by atomic mass is 32.2. The lowest BCUT2D eigenvalue weighted by atomic mass is 10.1. The molecule has 0 aromatic rings. The van der Waals surface area contributed by atoms with Crippen LogP contribution in [0.1, 0.15) is 33.1 Å². The minimum Gasteiger partial charge on any atom is -0.310 e. The van der Waals surface area contributed by atoms with Crippen molar-refractivity contribution in [2.45, 2.75) is 45.2 Å². The van der Waals surface area contributed by atoms with E-state index in [1.165, 1.54) is 6.42 Å². The molecule has 0 aromatic heterocycles. The molecule has 1 N–H and O–H groups in total. The third-order valence-electron chi connectivity index (χ3n) is 3.41. The van der Waals surface area contributed by atoms with Gasteiger partial charge in [-0.15, -0.1) is 0 Å². The van der Waals surface area contributed by atoms with Crippen LogP contribution in [0.15, 0.2) is 0 Å². The molecule has 14 heavy (non-hydrogen) atoms. The van der Waals surface area contributed by atoms with E-state index in [2.05, 4.69) is 19.2 Å². The standard InChI is InChI=1S/C10H19NO2S/c1-10(2)6-9(10)11-8-4-3-5-14(12,13)7-8/h8-9,11H,3-7H2,1-2H3. The predicted molar refractivity (Wildman–Crippen MR) is 57.0 cm³/mol. The number of hydrogen-bond acceptors (Lipinski definition) is 3. The molecule has 3 nitrogen and oxygen atoms in total. The molecule has 1 saturated carbocycles. The monoisotopic (exact) mass is 217 g/mol. The summed E-state index contributed by atoms with van der Waals surface area (Å²) in [6.45, 7) is 4.45. The second-order valence-corrected chi connectivity index (χ2v) is 7.59. The molecule has 0 spiro atoms. The molecular weight excluding hydrogens is 198 g/mol. The van der Waals surface area contributed by atoms with E-state index in [4.69, 9.17) is 0 Å². The second-order valence-electron chi connectivity index (χ2n) is 5.37. The topological polar surface area (TPSA) is 46.2 Å². The van der Waals surface area contributed by atoms with Crippen molar-refractivity contribution in [2.24, 2.45) is 5.41 Å². The Bertz CT molecular complexity index is 321. The van der Waals surface area contributed by atoms with E-state index >= 15 is 0 Å². The molecule has 1 aliphatic carbocycles. The zero-order chi connectivity index (χ0) is 10.4. The van der Waals surface area contributed by atoms with E-state index in [1.807, 2.05) is 0 Å². The van der Waals surface area contributed by atoms with E-state index in [9.17, 15) is 8.42 Å². The smallest absolute Gasteiger partial charge is 0.151 e. The molecule has 2 unspecified atom stereocenters. The van der Waals surface area contributed by atoms with Crippen molar-refractivity contribution in [3.05, 3.63) is 0 Å². The minimum absolute atomic E-state index is 0.209. The van der Waals surface area contributed by atoms with Gasteiger partial charge in [0.05, 0.1) is 11.5 Å². The summed E-state index contributed by atoms with van der Waals surface area (Å²) in [6, 6.07) is 0.751. The Morgan fingerprint density at radius 3 is 2.50 bits per heavy atom. The van der Waals surface area contributed by atoms with Crippen LogP contribution in [0.25, 0.3) is 0 Å². The highest BCUT2D eigenvalue weighted by Crippen LogP contribution is 2.45. The van der Waals surface area contributed by atoms with Crippen molar-refractivity contribution >= 4 is 9.84 Å². The van der Waals surface area contributed by atoms with Gasteiger partial charge in [0.1, 0.15) is 0 Å². The zero-order valence-corrected chi connectivity index (χ0v) is 9.73. The summed E-state index contributed by atoms with van der Waals surface area (Å²) in [5, 5.41) is 3.46. The molecule has 82 valence electrons. The van der Waals surface area contributed by atoms with Crippen LogP contribution in [0.5, 0.6) is 0 Å². The Balaban J connectivity index is 1.88. The number of nitrogens with one attached hydrogen (secondary N) is 1. The van der Waals surface area contributed by atoms with Crippen molar-refractivity contribution in [2.75, 3.05) is 11.5 Å². The first kappa shape index (κ1) is 10.4. The van der Waals surface area contributed by atoms with Gasteiger partial charge in [0.2, 0.25) is 0 Å². The lowest BCUT2D eigenvalue weighted by molar-refractivity contribution is 0.443. The first-order chi connectivity index (χ1) is 6.39. The quantitative estimate of drug-likeness (QED) is 0.749. The third-order valence-corrected chi connectivity index (χ3v) is 5.23. The summed E-state index contributed by atoms with van der Waals surface area (Å²) in [6.07, 6.45) is 3.03. The lowest BCUT2D eigenvalue weighted by Crippen LogP contribution is -2.42.